The Balaban J connectivity index is 2.12. The Morgan fingerprint density at radius 1 is 1.31 bits per heavy atom. The van der Waals surface area contributed by atoms with E-state index in [1.807, 2.05) is 26.0 Å². The van der Waals surface area contributed by atoms with Crippen molar-refractivity contribution in [2.75, 3.05) is 0 Å². The van der Waals surface area contributed by atoms with Gasteiger partial charge in [0.1, 0.15) is 11.5 Å². The molecule has 0 aliphatic heterocycles. The van der Waals surface area contributed by atoms with Gasteiger partial charge in [-0.25, -0.2) is 0 Å². The van der Waals surface area contributed by atoms with Crippen LogP contribution in [-0.4, -0.2) is 12.2 Å². The maximum Gasteiger partial charge on any atom is 0.123 e. The molecular weight excluding hydrogens is 200 g/mol. The predicted molar refractivity (Wildman–Crippen MR) is 65.2 cm³/mol. The van der Waals surface area contributed by atoms with E-state index in [1.54, 1.807) is 0 Å². The van der Waals surface area contributed by atoms with Gasteiger partial charge in [0.25, 0.3) is 0 Å². The quantitative estimate of drug-likeness (QED) is 0.755. The van der Waals surface area contributed by atoms with Crippen LogP contribution in [0.4, 0.5) is 0 Å². The van der Waals surface area contributed by atoms with Crippen LogP contribution in [0.1, 0.15) is 39.2 Å². The molecule has 1 aromatic carbocycles. The van der Waals surface area contributed by atoms with Gasteiger partial charge >= 0.3 is 0 Å². The molecule has 0 heterocycles. The van der Waals surface area contributed by atoms with E-state index in [4.69, 9.17) is 9.47 Å². The van der Waals surface area contributed by atoms with Crippen LogP contribution in [0.3, 0.4) is 0 Å². The second-order valence-corrected chi connectivity index (χ2v) is 4.61. The van der Waals surface area contributed by atoms with Gasteiger partial charge in [0, 0.05) is 0 Å². The number of rotatable bonds is 5. The van der Waals surface area contributed by atoms with Crippen molar-refractivity contribution < 1.29 is 9.47 Å². The van der Waals surface area contributed by atoms with Gasteiger partial charge in [-0.3, -0.25) is 0 Å². The first kappa shape index (κ1) is 11.3. The smallest absolute Gasteiger partial charge is 0.123 e. The van der Waals surface area contributed by atoms with Crippen LogP contribution >= 0.6 is 0 Å². The lowest BCUT2D eigenvalue weighted by Crippen LogP contribution is -2.06. The Hall–Kier alpha value is -1.18. The maximum atomic E-state index is 5.85. The van der Waals surface area contributed by atoms with Crippen LogP contribution in [0.2, 0.25) is 0 Å². The van der Waals surface area contributed by atoms with Gasteiger partial charge < -0.3 is 9.47 Å². The minimum absolute atomic E-state index is 0.222. The topological polar surface area (TPSA) is 18.5 Å². The molecule has 0 saturated heterocycles. The van der Waals surface area contributed by atoms with Crippen LogP contribution < -0.4 is 9.47 Å². The van der Waals surface area contributed by atoms with Crippen LogP contribution in [-0.2, 0) is 6.42 Å². The summed E-state index contributed by atoms with van der Waals surface area (Å²) in [5, 5.41) is 0. The Kier molecular flexibility index (Phi) is 3.37. The van der Waals surface area contributed by atoms with Gasteiger partial charge in [0.15, 0.2) is 0 Å². The molecule has 1 aliphatic carbocycles. The molecule has 1 aromatic rings. The molecule has 0 radical (unpaired) electrons. The molecule has 2 rings (SSSR count). The molecule has 2 heteroatoms. The van der Waals surface area contributed by atoms with Gasteiger partial charge in [-0.1, -0.05) is 6.92 Å². The standard InChI is InChI=1S/C14H20O2/c1-4-11-9-13(15-10(2)3)7-8-14(11)16-12-5-6-12/h7-10,12H,4-6H2,1-3H3. The van der Waals surface area contributed by atoms with Gasteiger partial charge in [-0.15, -0.1) is 0 Å². The van der Waals surface area contributed by atoms with E-state index in [0.717, 1.165) is 17.9 Å². The summed E-state index contributed by atoms with van der Waals surface area (Å²) in [6.07, 6.45) is 4.07. The fourth-order valence-corrected chi connectivity index (χ4v) is 1.66. The molecule has 0 N–H and O–H groups in total. The van der Waals surface area contributed by atoms with Crippen LogP contribution in [0, 0.1) is 0 Å². The Bertz CT molecular complexity index is 354. The van der Waals surface area contributed by atoms with Crippen LogP contribution in [0.5, 0.6) is 11.5 Å². The van der Waals surface area contributed by atoms with Crippen molar-refractivity contribution in [1.29, 1.82) is 0 Å². The normalized spacial score (nSPS) is 15.2. The highest BCUT2D eigenvalue weighted by molar-refractivity contribution is 5.40. The van der Waals surface area contributed by atoms with Crippen molar-refractivity contribution in [3.05, 3.63) is 23.8 Å². The predicted octanol–water partition coefficient (Wildman–Crippen LogP) is 3.58. The largest absolute Gasteiger partial charge is 0.491 e. The zero-order chi connectivity index (χ0) is 11.5. The molecule has 0 spiro atoms. The summed E-state index contributed by atoms with van der Waals surface area (Å²) in [4.78, 5) is 0. The van der Waals surface area contributed by atoms with E-state index < -0.39 is 0 Å². The number of hydrogen-bond acceptors (Lipinski definition) is 2. The summed E-state index contributed by atoms with van der Waals surface area (Å²) in [6, 6.07) is 6.13. The minimum atomic E-state index is 0.222. The molecule has 16 heavy (non-hydrogen) atoms. The minimum Gasteiger partial charge on any atom is -0.491 e. The summed E-state index contributed by atoms with van der Waals surface area (Å²) in [7, 11) is 0. The summed E-state index contributed by atoms with van der Waals surface area (Å²) in [6.45, 7) is 6.23. The average molecular weight is 220 g/mol. The monoisotopic (exact) mass is 220 g/mol. The first-order valence-corrected chi connectivity index (χ1v) is 6.15. The van der Waals surface area contributed by atoms with Crippen molar-refractivity contribution in [2.24, 2.45) is 0 Å². The fraction of sp³-hybridized carbons (Fsp3) is 0.571. The molecule has 0 amide bonds. The molecule has 0 unspecified atom stereocenters. The van der Waals surface area contributed by atoms with Crippen molar-refractivity contribution in [3.63, 3.8) is 0 Å². The zero-order valence-electron chi connectivity index (χ0n) is 10.3. The summed E-state index contributed by atoms with van der Waals surface area (Å²) >= 11 is 0. The number of benzene rings is 1. The van der Waals surface area contributed by atoms with E-state index in [-0.39, 0.29) is 6.10 Å². The molecule has 2 nitrogen and oxygen atoms in total. The highest BCUT2D eigenvalue weighted by atomic mass is 16.5. The summed E-state index contributed by atoms with van der Waals surface area (Å²) in [5.74, 6) is 1.97. The number of hydrogen-bond donors (Lipinski definition) is 0. The van der Waals surface area contributed by atoms with E-state index in [0.29, 0.717) is 6.10 Å². The van der Waals surface area contributed by atoms with Crippen molar-refractivity contribution in [1.82, 2.24) is 0 Å². The molecule has 1 saturated carbocycles. The van der Waals surface area contributed by atoms with E-state index in [2.05, 4.69) is 13.0 Å². The van der Waals surface area contributed by atoms with Crippen molar-refractivity contribution >= 4 is 0 Å². The Morgan fingerprint density at radius 3 is 2.62 bits per heavy atom. The van der Waals surface area contributed by atoms with Crippen molar-refractivity contribution in [3.8, 4) is 11.5 Å². The lowest BCUT2D eigenvalue weighted by molar-refractivity contribution is 0.241. The highest BCUT2D eigenvalue weighted by Crippen LogP contribution is 2.31. The molecule has 1 aliphatic rings. The molecule has 0 aromatic heterocycles. The van der Waals surface area contributed by atoms with Crippen LogP contribution in [0.15, 0.2) is 18.2 Å². The summed E-state index contributed by atoms with van der Waals surface area (Å²) < 4.78 is 11.5. The maximum absolute atomic E-state index is 5.85. The Morgan fingerprint density at radius 2 is 2.06 bits per heavy atom. The average Bonchev–Trinajstić information content (AvgIpc) is 3.03. The third kappa shape index (κ3) is 2.91. The number of aryl methyl sites for hydroxylation is 1. The fourth-order valence-electron chi connectivity index (χ4n) is 1.66. The van der Waals surface area contributed by atoms with Gasteiger partial charge in [0.05, 0.1) is 12.2 Å². The molecule has 0 bridgehead atoms. The highest BCUT2D eigenvalue weighted by Gasteiger charge is 2.24. The third-order valence-electron chi connectivity index (χ3n) is 2.60. The Labute approximate surface area is 97.6 Å². The van der Waals surface area contributed by atoms with E-state index in [1.165, 1.54) is 18.4 Å². The van der Waals surface area contributed by atoms with E-state index in [9.17, 15) is 0 Å². The first-order valence-electron chi connectivity index (χ1n) is 6.15. The van der Waals surface area contributed by atoms with Gasteiger partial charge in [-0.2, -0.15) is 0 Å². The van der Waals surface area contributed by atoms with Gasteiger partial charge in [-0.05, 0) is 56.9 Å². The summed E-state index contributed by atoms with van der Waals surface area (Å²) in [5.41, 5.74) is 1.24. The molecule has 0 atom stereocenters. The first-order chi connectivity index (χ1) is 7.69. The zero-order valence-corrected chi connectivity index (χ0v) is 10.3. The SMILES string of the molecule is CCc1cc(OC(C)C)ccc1OC1CC1. The molecular formula is C14H20O2. The second kappa shape index (κ2) is 4.77. The van der Waals surface area contributed by atoms with Crippen LogP contribution in [0.25, 0.3) is 0 Å². The second-order valence-electron chi connectivity index (χ2n) is 4.61. The number of ether oxygens (including phenoxy) is 2. The van der Waals surface area contributed by atoms with E-state index >= 15 is 0 Å². The molecule has 1 fully saturated rings. The van der Waals surface area contributed by atoms with Gasteiger partial charge in [0.2, 0.25) is 0 Å². The lowest BCUT2D eigenvalue weighted by Gasteiger charge is -2.14. The lowest BCUT2D eigenvalue weighted by atomic mass is 10.1. The van der Waals surface area contributed by atoms with Crippen molar-refractivity contribution in [2.45, 2.75) is 52.2 Å². The molecule has 88 valence electrons. The third-order valence-corrected chi connectivity index (χ3v) is 2.60.